The minimum absolute atomic E-state index is 0. The molecule has 0 aliphatic heterocycles. The molecule has 0 aromatic heterocycles. The van der Waals surface area contributed by atoms with Crippen LogP contribution in [0.2, 0.25) is 10.0 Å². The van der Waals surface area contributed by atoms with Crippen LogP contribution in [0, 0.1) is 0 Å². The van der Waals surface area contributed by atoms with E-state index in [1.807, 2.05) is 24.3 Å². The average Bonchev–Trinajstić information content (AvgIpc) is 2.59. The summed E-state index contributed by atoms with van der Waals surface area (Å²) in [7, 11) is 1.64. The van der Waals surface area contributed by atoms with E-state index < -0.39 is 0 Å². The Labute approximate surface area is 166 Å². The molecule has 0 aliphatic rings. The van der Waals surface area contributed by atoms with Crippen molar-refractivity contribution < 1.29 is 9.47 Å². The van der Waals surface area contributed by atoms with Gasteiger partial charge in [-0.1, -0.05) is 42.3 Å². The summed E-state index contributed by atoms with van der Waals surface area (Å²) >= 11 is 12.1. The lowest BCUT2D eigenvalue weighted by atomic mass is 10.1. The highest BCUT2D eigenvalue weighted by molar-refractivity contribution is 6.35. The second kappa shape index (κ2) is 10.8. The summed E-state index contributed by atoms with van der Waals surface area (Å²) < 4.78 is 11.3. The van der Waals surface area contributed by atoms with Gasteiger partial charge in [0.2, 0.25) is 0 Å². The van der Waals surface area contributed by atoms with Gasteiger partial charge in [-0.15, -0.1) is 12.4 Å². The van der Waals surface area contributed by atoms with Crippen LogP contribution in [0.3, 0.4) is 0 Å². The summed E-state index contributed by atoms with van der Waals surface area (Å²) in [6.07, 6.45) is 1.10. The number of rotatable bonds is 8. The van der Waals surface area contributed by atoms with Crippen LogP contribution in [0.1, 0.15) is 31.4 Å². The molecular formula is C19H24Cl3NO2. The van der Waals surface area contributed by atoms with Crippen molar-refractivity contribution in [2.45, 2.75) is 39.5 Å². The van der Waals surface area contributed by atoms with Gasteiger partial charge in [-0.25, -0.2) is 0 Å². The van der Waals surface area contributed by atoms with E-state index in [-0.39, 0.29) is 12.4 Å². The third kappa shape index (κ3) is 6.59. The number of methoxy groups -OCH3 is 1. The Hall–Kier alpha value is -1.13. The van der Waals surface area contributed by atoms with Gasteiger partial charge in [0, 0.05) is 28.2 Å². The second-order valence-electron chi connectivity index (χ2n) is 5.70. The maximum Gasteiger partial charge on any atom is 0.161 e. The summed E-state index contributed by atoms with van der Waals surface area (Å²) in [5, 5.41) is 4.67. The second-order valence-corrected chi connectivity index (χ2v) is 6.54. The van der Waals surface area contributed by atoms with Crippen LogP contribution in [0.5, 0.6) is 11.5 Å². The van der Waals surface area contributed by atoms with Crippen LogP contribution < -0.4 is 14.8 Å². The van der Waals surface area contributed by atoms with E-state index in [0.717, 1.165) is 24.1 Å². The topological polar surface area (TPSA) is 30.5 Å². The fraction of sp³-hybridized carbons (Fsp3) is 0.368. The fourth-order valence-electron chi connectivity index (χ4n) is 2.17. The number of benzene rings is 2. The third-order valence-electron chi connectivity index (χ3n) is 3.89. The maximum absolute atomic E-state index is 6.18. The average molecular weight is 405 g/mol. The normalized spacial score (nSPS) is 11.6. The molecule has 1 atom stereocenters. The molecule has 138 valence electrons. The highest BCUT2D eigenvalue weighted by atomic mass is 35.5. The molecule has 6 heteroatoms. The lowest BCUT2D eigenvalue weighted by Crippen LogP contribution is -2.24. The first-order valence-electron chi connectivity index (χ1n) is 8.00. The van der Waals surface area contributed by atoms with E-state index in [9.17, 15) is 0 Å². The van der Waals surface area contributed by atoms with Crippen LogP contribution in [0.4, 0.5) is 0 Å². The van der Waals surface area contributed by atoms with Gasteiger partial charge in [0.25, 0.3) is 0 Å². The number of halogens is 3. The van der Waals surface area contributed by atoms with E-state index in [0.29, 0.717) is 34.2 Å². The zero-order chi connectivity index (χ0) is 17.5. The molecule has 0 amide bonds. The molecule has 0 saturated heterocycles. The minimum atomic E-state index is 0. The monoisotopic (exact) mass is 403 g/mol. The standard InChI is InChI=1S/C19H23Cl2NO2.ClH/c1-4-13(2)22-11-14-5-8-18(19(9-14)23-3)24-12-15-6-7-16(20)10-17(15)21;/h5-10,13,22H,4,11-12H2,1-3H3;1H. The summed E-state index contributed by atoms with van der Waals surface area (Å²) in [6.45, 7) is 5.49. The first kappa shape index (κ1) is 21.9. The van der Waals surface area contributed by atoms with Crippen LogP contribution in [-0.2, 0) is 13.2 Å². The van der Waals surface area contributed by atoms with E-state index in [1.54, 1.807) is 19.2 Å². The number of ether oxygens (including phenoxy) is 2. The number of nitrogens with one attached hydrogen (secondary N) is 1. The van der Waals surface area contributed by atoms with Gasteiger partial charge in [-0.2, -0.15) is 0 Å². The van der Waals surface area contributed by atoms with Crippen molar-refractivity contribution in [1.82, 2.24) is 5.32 Å². The molecule has 2 aromatic rings. The molecular weight excluding hydrogens is 381 g/mol. The molecule has 0 spiro atoms. The fourth-order valence-corrected chi connectivity index (χ4v) is 2.63. The third-order valence-corrected chi connectivity index (χ3v) is 4.48. The Balaban J connectivity index is 0.00000312. The maximum atomic E-state index is 6.18. The summed E-state index contributed by atoms with van der Waals surface area (Å²) in [6, 6.07) is 11.8. The van der Waals surface area contributed by atoms with Crippen LogP contribution >= 0.6 is 35.6 Å². The van der Waals surface area contributed by atoms with Crippen LogP contribution in [0.15, 0.2) is 36.4 Å². The summed E-state index contributed by atoms with van der Waals surface area (Å²) in [5.41, 5.74) is 2.04. The van der Waals surface area contributed by atoms with Crippen molar-refractivity contribution in [2.24, 2.45) is 0 Å². The zero-order valence-electron chi connectivity index (χ0n) is 14.6. The van der Waals surface area contributed by atoms with Gasteiger partial charge in [-0.3, -0.25) is 0 Å². The van der Waals surface area contributed by atoms with Gasteiger partial charge in [0.1, 0.15) is 6.61 Å². The summed E-state index contributed by atoms with van der Waals surface area (Å²) in [4.78, 5) is 0. The lowest BCUT2D eigenvalue weighted by molar-refractivity contribution is 0.284. The van der Waals surface area contributed by atoms with Gasteiger partial charge in [0.15, 0.2) is 11.5 Å². The van der Waals surface area contributed by atoms with E-state index in [4.69, 9.17) is 32.7 Å². The Morgan fingerprint density at radius 1 is 1.08 bits per heavy atom. The molecule has 25 heavy (non-hydrogen) atoms. The molecule has 0 radical (unpaired) electrons. The Kier molecular flexibility index (Phi) is 9.44. The van der Waals surface area contributed by atoms with Crippen molar-refractivity contribution >= 4 is 35.6 Å². The van der Waals surface area contributed by atoms with Crippen LogP contribution in [-0.4, -0.2) is 13.2 Å². The van der Waals surface area contributed by atoms with Gasteiger partial charge >= 0.3 is 0 Å². The predicted molar refractivity (Wildman–Crippen MR) is 108 cm³/mol. The van der Waals surface area contributed by atoms with Crippen molar-refractivity contribution in [3.63, 3.8) is 0 Å². The van der Waals surface area contributed by atoms with E-state index in [2.05, 4.69) is 19.2 Å². The SMILES string of the molecule is CCC(C)NCc1ccc(OCc2ccc(Cl)cc2Cl)c(OC)c1.Cl. The zero-order valence-corrected chi connectivity index (χ0v) is 17.0. The first-order valence-corrected chi connectivity index (χ1v) is 8.76. The first-order chi connectivity index (χ1) is 11.5. The van der Waals surface area contributed by atoms with Gasteiger partial charge in [0.05, 0.1) is 7.11 Å². The van der Waals surface area contributed by atoms with Gasteiger partial charge in [-0.05, 0) is 43.2 Å². The molecule has 2 rings (SSSR count). The minimum Gasteiger partial charge on any atom is -0.493 e. The molecule has 1 unspecified atom stereocenters. The highest BCUT2D eigenvalue weighted by Crippen LogP contribution is 2.30. The van der Waals surface area contributed by atoms with Crippen molar-refractivity contribution in [1.29, 1.82) is 0 Å². The quantitative estimate of drug-likeness (QED) is 0.595. The molecule has 0 bridgehead atoms. The molecule has 0 saturated carbocycles. The lowest BCUT2D eigenvalue weighted by Gasteiger charge is -2.15. The van der Waals surface area contributed by atoms with Gasteiger partial charge < -0.3 is 14.8 Å². The largest absolute Gasteiger partial charge is 0.493 e. The molecule has 0 heterocycles. The predicted octanol–water partition coefficient (Wildman–Crippen LogP) is 5.89. The Morgan fingerprint density at radius 2 is 1.84 bits per heavy atom. The number of hydrogen-bond donors (Lipinski definition) is 1. The Bertz CT molecular complexity index is 680. The van der Waals surface area contributed by atoms with Crippen molar-refractivity contribution in [2.75, 3.05) is 7.11 Å². The molecule has 0 fully saturated rings. The van der Waals surface area contributed by atoms with Crippen molar-refractivity contribution in [3.05, 3.63) is 57.6 Å². The van der Waals surface area contributed by atoms with E-state index >= 15 is 0 Å². The number of hydrogen-bond acceptors (Lipinski definition) is 3. The van der Waals surface area contributed by atoms with Crippen molar-refractivity contribution in [3.8, 4) is 11.5 Å². The highest BCUT2D eigenvalue weighted by Gasteiger charge is 2.09. The molecule has 0 aliphatic carbocycles. The Morgan fingerprint density at radius 3 is 2.48 bits per heavy atom. The van der Waals surface area contributed by atoms with E-state index in [1.165, 1.54) is 0 Å². The molecule has 3 nitrogen and oxygen atoms in total. The molecule has 2 aromatic carbocycles. The smallest absolute Gasteiger partial charge is 0.161 e. The summed E-state index contributed by atoms with van der Waals surface area (Å²) in [5.74, 6) is 1.40. The van der Waals surface area contributed by atoms with Crippen LogP contribution in [0.25, 0.3) is 0 Å². The molecule has 1 N–H and O–H groups in total.